The molecule has 0 fully saturated rings. The van der Waals surface area contributed by atoms with Crippen LogP contribution in [0.25, 0.3) is 22.2 Å². The number of nitriles is 1. The van der Waals surface area contributed by atoms with Crippen molar-refractivity contribution in [1.82, 2.24) is 9.78 Å². The van der Waals surface area contributed by atoms with Crippen LogP contribution in [0.1, 0.15) is 33.3 Å². The number of aromatic nitrogens is 2. The van der Waals surface area contributed by atoms with E-state index in [9.17, 15) is 20.0 Å². The van der Waals surface area contributed by atoms with Crippen molar-refractivity contribution in [2.45, 2.75) is 33.3 Å². The lowest BCUT2D eigenvalue weighted by Gasteiger charge is -2.19. The zero-order chi connectivity index (χ0) is 21.3. The molecular weight excluding hydrogens is 372 g/mol. The summed E-state index contributed by atoms with van der Waals surface area (Å²) in [6.45, 7) is 6.61. The second kappa shape index (κ2) is 7.28. The normalized spacial score (nSPS) is 11.1. The molecule has 1 heterocycles. The second-order valence-corrected chi connectivity index (χ2v) is 7.50. The van der Waals surface area contributed by atoms with E-state index in [1.807, 2.05) is 6.07 Å². The van der Waals surface area contributed by atoms with Gasteiger partial charge in [-0.25, -0.2) is 4.79 Å². The number of hydrogen-bond acceptors (Lipinski definition) is 6. The van der Waals surface area contributed by atoms with Crippen molar-refractivity contribution >= 4 is 28.6 Å². The fourth-order valence-corrected chi connectivity index (χ4v) is 2.84. The largest absolute Gasteiger partial charge is 0.507 e. The number of benzene rings is 2. The van der Waals surface area contributed by atoms with Crippen molar-refractivity contribution in [1.29, 1.82) is 5.26 Å². The fourth-order valence-electron chi connectivity index (χ4n) is 2.84. The van der Waals surface area contributed by atoms with Crippen molar-refractivity contribution in [3.63, 3.8) is 0 Å². The molecule has 8 heteroatoms. The number of amides is 1. The summed E-state index contributed by atoms with van der Waals surface area (Å²) in [6, 6.07) is 11.6. The average molecular weight is 392 g/mol. The third kappa shape index (κ3) is 4.19. The Morgan fingerprint density at radius 1 is 1.24 bits per heavy atom. The van der Waals surface area contributed by atoms with Gasteiger partial charge in [0.05, 0.1) is 11.1 Å². The van der Waals surface area contributed by atoms with E-state index >= 15 is 0 Å². The number of hydrogen-bond donors (Lipinski definition) is 2. The highest BCUT2D eigenvalue weighted by molar-refractivity contribution is 6.00. The maximum absolute atomic E-state index is 12.7. The Labute approximate surface area is 167 Å². The highest BCUT2D eigenvalue weighted by Crippen LogP contribution is 2.34. The third-order valence-corrected chi connectivity index (χ3v) is 3.94. The topological polar surface area (TPSA) is 117 Å². The van der Waals surface area contributed by atoms with Crippen LogP contribution in [-0.2, 0) is 9.53 Å². The molecule has 0 spiro atoms. The van der Waals surface area contributed by atoms with E-state index in [-0.39, 0.29) is 17.2 Å². The van der Waals surface area contributed by atoms with E-state index < -0.39 is 11.7 Å². The number of fused-ring (bicyclic) bond motifs is 1. The van der Waals surface area contributed by atoms with Crippen LogP contribution in [-0.4, -0.2) is 32.5 Å². The van der Waals surface area contributed by atoms with E-state index in [4.69, 9.17) is 4.74 Å². The third-order valence-electron chi connectivity index (χ3n) is 3.94. The van der Waals surface area contributed by atoms with Gasteiger partial charge < -0.3 is 15.2 Å². The van der Waals surface area contributed by atoms with Gasteiger partial charge in [0.15, 0.2) is 0 Å². The zero-order valence-corrected chi connectivity index (χ0v) is 16.5. The summed E-state index contributed by atoms with van der Waals surface area (Å²) in [5.74, 6) is -0.439. The first-order valence-electron chi connectivity index (χ1n) is 8.86. The van der Waals surface area contributed by atoms with Crippen LogP contribution in [0.5, 0.6) is 5.75 Å². The molecule has 0 saturated carbocycles. The van der Waals surface area contributed by atoms with Gasteiger partial charge in [-0.05, 0) is 45.0 Å². The van der Waals surface area contributed by atoms with Crippen LogP contribution in [0.3, 0.4) is 0 Å². The Balaban J connectivity index is 2.23. The monoisotopic (exact) mass is 392 g/mol. The van der Waals surface area contributed by atoms with Gasteiger partial charge in [-0.1, -0.05) is 12.1 Å². The van der Waals surface area contributed by atoms with Crippen molar-refractivity contribution in [2.24, 2.45) is 0 Å². The van der Waals surface area contributed by atoms with Crippen LogP contribution in [0.15, 0.2) is 36.4 Å². The first-order valence-corrected chi connectivity index (χ1v) is 8.86. The predicted molar refractivity (Wildman–Crippen MR) is 107 cm³/mol. The van der Waals surface area contributed by atoms with E-state index in [0.717, 1.165) is 4.68 Å². The molecule has 2 aromatic carbocycles. The number of phenolic OH excluding ortho intramolecular Hbond substituents is 1. The Morgan fingerprint density at radius 3 is 2.59 bits per heavy atom. The standard InChI is InChI=1S/C21H20N4O4/c1-12(26)23-15-7-5-6-13(8-15)19-16-10-18(27)14(11-22)9-17(16)25(24-19)20(28)29-21(2,3)4/h5-10,27H,1-4H3,(H,23,26). The van der Waals surface area contributed by atoms with Crippen LogP contribution >= 0.6 is 0 Å². The van der Waals surface area contributed by atoms with Gasteiger partial charge >= 0.3 is 6.09 Å². The number of rotatable bonds is 2. The number of nitrogens with one attached hydrogen (secondary N) is 1. The molecule has 0 atom stereocenters. The molecule has 0 bridgehead atoms. The quantitative estimate of drug-likeness (QED) is 0.680. The van der Waals surface area contributed by atoms with Gasteiger partial charge in [0.25, 0.3) is 0 Å². The van der Waals surface area contributed by atoms with E-state index in [2.05, 4.69) is 10.4 Å². The minimum absolute atomic E-state index is 0.0146. The van der Waals surface area contributed by atoms with Gasteiger partial charge in [0.2, 0.25) is 5.91 Å². The van der Waals surface area contributed by atoms with Crippen LogP contribution < -0.4 is 5.32 Å². The molecule has 29 heavy (non-hydrogen) atoms. The number of ether oxygens (including phenoxy) is 1. The minimum Gasteiger partial charge on any atom is -0.507 e. The molecule has 0 aliphatic carbocycles. The van der Waals surface area contributed by atoms with Crippen LogP contribution in [0.2, 0.25) is 0 Å². The first-order chi connectivity index (χ1) is 13.6. The molecule has 3 rings (SSSR count). The lowest BCUT2D eigenvalue weighted by molar-refractivity contribution is -0.114. The molecule has 0 saturated heterocycles. The highest BCUT2D eigenvalue weighted by Gasteiger charge is 2.24. The molecule has 0 aliphatic heterocycles. The van der Waals surface area contributed by atoms with Crippen LogP contribution in [0, 0.1) is 11.3 Å². The van der Waals surface area contributed by atoms with Gasteiger partial charge in [-0.3, -0.25) is 4.79 Å². The average Bonchev–Trinajstić information content (AvgIpc) is 2.97. The van der Waals surface area contributed by atoms with Gasteiger partial charge in [-0.2, -0.15) is 15.0 Å². The molecule has 8 nitrogen and oxygen atoms in total. The van der Waals surface area contributed by atoms with E-state index in [1.54, 1.807) is 45.0 Å². The van der Waals surface area contributed by atoms with Crippen molar-refractivity contribution in [3.8, 4) is 23.1 Å². The molecule has 1 aromatic heterocycles. The Kier molecular flexibility index (Phi) is 4.99. The summed E-state index contributed by atoms with van der Waals surface area (Å²) < 4.78 is 6.49. The molecular formula is C21H20N4O4. The summed E-state index contributed by atoms with van der Waals surface area (Å²) in [5.41, 5.74) is 1.18. The molecule has 3 aromatic rings. The van der Waals surface area contributed by atoms with E-state index in [0.29, 0.717) is 27.8 Å². The maximum Gasteiger partial charge on any atom is 0.435 e. The van der Waals surface area contributed by atoms with Crippen molar-refractivity contribution in [3.05, 3.63) is 42.0 Å². The second-order valence-electron chi connectivity index (χ2n) is 7.50. The zero-order valence-electron chi connectivity index (χ0n) is 16.5. The SMILES string of the molecule is CC(=O)Nc1cccc(-c2nn(C(=O)OC(C)(C)C)c3cc(C#N)c(O)cc23)c1. The number of carbonyl (C=O) groups is 2. The number of anilines is 1. The van der Waals surface area contributed by atoms with E-state index in [1.165, 1.54) is 19.1 Å². The Hall–Kier alpha value is -3.86. The minimum atomic E-state index is -0.740. The van der Waals surface area contributed by atoms with Crippen molar-refractivity contribution in [2.75, 3.05) is 5.32 Å². The molecule has 0 unspecified atom stereocenters. The number of phenols is 1. The maximum atomic E-state index is 12.7. The van der Waals surface area contributed by atoms with Gasteiger partial charge in [0.1, 0.15) is 23.1 Å². The molecule has 148 valence electrons. The molecule has 1 amide bonds. The Morgan fingerprint density at radius 2 is 1.97 bits per heavy atom. The Bertz CT molecular complexity index is 1170. The lowest BCUT2D eigenvalue weighted by atomic mass is 10.0. The lowest BCUT2D eigenvalue weighted by Crippen LogP contribution is -2.27. The van der Waals surface area contributed by atoms with Gasteiger partial charge in [-0.15, -0.1) is 0 Å². The summed E-state index contributed by atoms with van der Waals surface area (Å²) >= 11 is 0. The molecule has 0 radical (unpaired) electrons. The summed E-state index contributed by atoms with van der Waals surface area (Å²) in [5, 5.41) is 26.9. The first kappa shape index (κ1) is 19.9. The molecule has 0 aliphatic rings. The van der Waals surface area contributed by atoms with Crippen molar-refractivity contribution < 1.29 is 19.4 Å². The summed E-state index contributed by atoms with van der Waals surface area (Å²) in [6.07, 6.45) is -0.707. The number of nitrogens with zero attached hydrogens (tertiary/aromatic N) is 3. The summed E-state index contributed by atoms with van der Waals surface area (Å²) in [7, 11) is 0. The number of carbonyl (C=O) groups excluding carboxylic acids is 2. The fraction of sp³-hybridized carbons (Fsp3) is 0.238. The smallest absolute Gasteiger partial charge is 0.435 e. The summed E-state index contributed by atoms with van der Waals surface area (Å²) in [4.78, 5) is 24.1. The van der Waals surface area contributed by atoms with Gasteiger partial charge in [0, 0.05) is 23.6 Å². The predicted octanol–water partition coefficient (Wildman–Crippen LogP) is 4.02. The highest BCUT2D eigenvalue weighted by atomic mass is 16.6. The number of aromatic hydroxyl groups is 1. The molecule has 2 N–H and O–H groups in total. The van der Waals surface area contributed by atoms with Crippen LogP contribution in [0.4, 0.5) is 10.5 Å².